The van der Waals surface area contributed by atoms with Gasteiger partial charge < -0.3 is 9.64 Å². The van der Waals surface area contributed by atoms with Crippen LogP contribution in [0.25, 0.3) is 0 Å². The van der Waals surface area contributed by atoms with Gasteiger partial charge >= 0.3 is 12.0 Å². The molecule has 1 aromatic rings. The van der Waals surface area contributed by atoms with Gasteiger partial charge in [-0.15, -0.1) is 0 Å². The molecule has 2 saturated heterocycles. The third kappa shape index (κ3) is 3.56. The number of carbonyl (C=O) groups excluding carboxylic acids is 2. The molecule has 6 nitrogen and oxygen atoms in total. The van der Waals surface area contributed by atoms with Crippen molar-refractivity contribution in [2.45, 2.75) is 69.7 Å². The number of piperidine rings is 1. The number of amides is 2. The van der Waals surface area contributed by atoms with Crippen LogP contribution in [0.4, 0.5) is 4.79 Å². The molecule has 2 amide bonds. The van der Waals surface area contributed by atoms with Crippen LogP contribution in [0.5, 0.6) is 0 Å². The number of urea groups is 1. The summed E-state index contributed by atoms with van der Waals surface area (Å²) in [6, 6.07) is 9.12. The van der Waals surface area contributed by atoms with Crippen LogP contribution in [-0.4, -0.2) is 46.7 Å². The van der Waals surface area contributed by atoms with Crippen LogP contribution in [-0.2, 0) is 21.0 Å². The number of hydrogen-bond acceptors (Lipinski definition) is 4. The summed E-state index contributed by atoms with van der Waals surface area (Å²) in [7, 11) is 0. The number of rotatable bonds is 5. The van der Waals surface area contributed by atoms with E-state index in [1.165, 1.54) is 11.5 Å². The molecule has 140 valence electrons. The zero-order valence-electron chi connectivity index (χ0n) is 15.0. The Bertz CT molecular complexity index is 644. The molecule has 1 aromatic carbocycles. The van der Waals surface area contributed by atoms with Crippen LogP contribution in [0.2, 0.25) is 0 Å². The number of hydrogen-bond donors (Lipinski definition) is 0. The summed E-state index contributed by atoms with van der Waals surface area (Å²) in [4.78, 5) is 32.8. The lowest BCUT2D eigenvalue weighted by atomic mass is 9.97. The Balaban J connectivity index is 1.35. The smallest absolute Gasteiger partial charge is 0.345 e. The van der Waals surface area contributed by atoms with E-state index in [-0.39, 0.29) is 24.1 Å². The van der Waals surface area contributed by atoms with E-state index >= 15 is 0 Å². The number of benzene rings is 1. The minimum atomic E-state index is -0.467. The van der Waals surface area contributed by atoms with E-state index in [0.29, 0.717) is 19.6 Å². The minimum Gasteiger partial charge on any atom is -0.461 e. The summed E-state index contributed by atoms with van der Waals surface area (Å²) in [5.41, 5.74) is 1.02. The number of esters is 1. The van der Waals surface area contributed by atoms with Gasteiger partial charge in [-0.3, -0.25) is 4.84 Å². The lowest BCUT2D eigenvalue weighted by Gasteiger charge is -2.31. The highest BCUT2D eigenvalue weighted by Gasteiger charge is 2.48. The Morgan fingerprint density at radius 2 is 1.81 bits per heavy atom. The molecule has 26 heavy (non-hydrogen) atoms. The Kier molecular flexibility index (Phi) is 5.11. The molecule has 1 saturated carbocycles. The van der Waals surface area contributed by atoms with Crippen molar-refractivity contribution in [3.63, 3.8) is 0 Å². The first-order valence-corrected chi connectivity index (χ1v) is 9.69. The van der Waals surface area contributed by atoms with E-state index in [2.05, 4.69) is 0 Å². The third-order valence-corrected chi connectivity index (χ3v) is 5.64. The summed E-state index contributed by atoms with van der Waals surface area (Å²) >= 11 is 0. The fourth-order valence-corrected chi connectivity index (χ4v) is 4.19. The van der Waals surface area contributed by atoms with Crippen LogP contribution in [0.15, 0.2) is 30.3 Å². The van der Waals surface area contributed by atoms with Gasteiger partial charge in [0, 0.05) is 6.54 Å². The van der Waals surface area contributed by atoms with Crippen LogP contribution in [0, 0.1) is 0 Å². The maximum absolute atomic E-state index is 12.7. The fraction of sp³-hybridized carbons (Fsp3) is 0.600. The van der Waals surface area contributed by atoms with Gasteiger partial charge in [0.1, 0.15) is 18.8 Å². The molecular weight excluding hydrogens is 332 g/mol. The summed E-state index contributed by atoms with van der Waals surface area (Å²) < 4.78 is 5.70. The highest BCUT2D eigenvalue weighted by atomic mass is 16.7. The topological polar surface area (TPSA) is 59.1 Å². The average molecular weight is 358 g/mol. The van der Waals surface area contributed by atoms with Crippen LogP contribution >= 0.6 is 0 Å². The molecule has 1 aliphatic carbocycles. The van der Waals surface area contributed by atoms with E-state index in [1.54, 1.807) is 4.90 Å². The summed E-state index contributed by atoms with van der Waals surface area (Å²) in [6.45, 7) is 0.895. The Hall–Kier alpha value is -2.08. The van der Waals surface area contributed by atoms with Crippen molar-refractivity contribution in [3.05, 3.63) is 35.9 Å². The monoisotopic (exact) mass is 358 g/mol. The second kappa shape index (κ2) is 7.66. The number of fused-ring (bicyclic) bond motifs is 2. The molecule has 0 spiro atoms. The van der Waals surface area contributed by atoms with E-state index < -0.39 is 6.04 Å². The minimum absolute atomic E-state index is 0.0185. The van der Waals surface area contributed by atoms with Gasteiger partial charge in [0.05, 0.1) is 6.04 Å². The van der Waals surface area contributed by atoms with E-state index in [9.17, 15) is 9.59 Å². The summed E-state index contributed by atoms with van der Waals surface area (Å²) in [5, 5.41) is 1.46. The standard InChI is InChI=1S/C20H26N2O4/c23-19(26-17-9-5-2-6-10-17)18-12-11-16-13-21(18)20(24)22(16)25-14-15-7-3-1-4-8-15/h1,3-4,7-8,16-18H,2,5-6,9-14H2/t16-,18+/m1/s1. The number of hydroxylamine groups is 2. The molecule has 0 N–H and O–H groups in total. The van der Waals surface area contributed by atoms with Gasteiger partial charge in [-0.05, 0) is 44.1 Å². The highest BCUT2D eigenvalue weighted by Crippen LogP contribution is 2.32. The normalized spacial score (nSPS) is 26.2. The predicted molar refractivity (Wildman–Crippen MR) is 94.9 cm³/mol. The van der Waals surface area contributed by atoms with Gasteiger partial charge in [-0.2, -0.15) is 5.06 Å². The lowest BCUT2D eigenvalue weighted by molar-refractivity contribution is -0.156. The molecular formula is C20H26N2O4. The first kappa shape index (κ1) is 17.3. The van der Waals surface area contributed by atoms with Gasteiger partial charge in [0.25, 0.3) is 0 Å². The highest BCUT2D eigenvalue weighted by molar-refractivity contribution is 5.85. The molecule has 0 radical (unpaired) electrons. The molecule has 2 atom stereocenters. The molecule has 3 fully saturated rings. The van der Waals surface area contributed by atoms with E-state index in [0.717, 1.165) is 37.7 Å². The predicted octanol–water partition coefficient (Wildman–Crippen LogP) is 3.26. The van der Waals surface area contributed by atoms with Crippen molar-refractivity contribution >= 4 is 12.0 Å². The second-order valence-electron chi connectivity index (χ2n) is 7.46. The summed E-state index contributed by atoms with van der Waals surface area (Å²) in [5.74, 6) is -0.242. The third-order valence-electron chi connectivity index (χ3n) is 5.64. The zero-order valence-corrected chi connectivity index (χ0v) is 15.0. The second-order valence-corrected chi connectivity index (χ2v) is 7.46. The van der Waals surface area contributed by atoms with Crippen molar-refractivity contribution < 1.29 is 19.2 Å². The first-order valence-electron chi connectivity index (χ1n) is 9.69. The molecule has 0 aromatic heterocycles. The lowest BCUT2D eigenvalue weighted by Crippen LogP contribution is -2.46. The van der Waals surface area contributed by atoms with Crippen LogP contribution < -0.4 is 0 Å². The van der Waals surface area contributed by atoms with Crippen molar-refractivity contribution in [1.82, 2.24) is 9.96 Å². The zero-order chi connectivity index (χ0) is 17.9. The van der Waals surface area contributed by atoms with Crippen molar-refractivity contribution in [2.75, 3.05) is 6.54 Å². The number of carbonyl (C=O) groups is 2. The molecule has 2 aliphatic heterocycles. The SMILES string of the molecule is O=C(OC1CCCCC1)[C@@H]1CC[C@@H]2CN1C(=O)N2OCc1ccccc1. The quantitative estimate of drug-likeness (QED) is 0.758. The van der Waals surface area contributed by atoms with Gasteiger partial charge in [0.2, 0.25) is 0 Å². The van der Waals surface area contributed by atoms with Crippen molar-refractivity contribution in [3.8, 4) is 0 Å². The van der Waals surface area contributed by atoms with Crippen molar-refractivity contribution in [2.24, 2.45) is 0 Å². The molecule has 2 heterocycles. The maximum Gasteiger partial charge on any atom is 0.345 e. The molecule has 0 unspecified atom stereocenters. The number of nitrogens with zero attached hydrogens (tertiary/aromatic N) is 2. The van der Waals surface area contributed by atoms with Crippen LogP contribution in [0.1, 0.15) is 50.5 Å². The average Bonchev–Trinajstić information content (AvgIpc) is 2.92. The largest absolute Gasteiger partial charge is 0.461 e. The van der Waals surface area contributed by atoms with Crippen molar-refractivity contribution in [1.29, 1.82) is 0 Å². The molecule has 2 bridgehead atoms. The Labute approximate surface area is 154 Å². The van der Waals surface area contributed by atoms with Crippen LogP contribution in [0.3, 0.4) is 0 Å². The first-order chi connectivity index (χ1) is 12.7. The van der Waals surface area contributed by atoms with Gasteiger partial charge in [-0.25, -0.2) is 9.59 Å². The van der Waals surface area contributed by atoms with E-state index in [1.807, 2.05) is 30.3 Å². The van der Waals surface area contributed by atoms with E-state index in [4.69, 9.17) is 9.57 Å². The fourth-order valence-electron chi connectivity index (χ4n) is 4.19. The summed E-state index contributed by atoms with van der Waals surface area (Å²) in [6.07, 6.45) is 6.79. The Morgan fingerprint density at radius 1 is 1.04 bits per heavy atom. The maximum atomic E-state index is 12.7. The Morgan fingerprint density at radius 3 is 2.58 bits per heavy atom. The molecule has 6 heteroatoms. The molecule has 4 rings (SSSR count). The van der Waals surface area contributed by atoms with Gasteiger partial charge in [-0.1, -0.05) is 36.8 Å². The van der Waals surface area contributed by atoms with Gasteiger partial charge in [0.15, 0.2) is 0 Å². The molecule has 3 aliphatic rings. The number of ether oxygens (including phenoxy) is 1.